The fourth-order valence-corrected chi connectivity index (χ4v) is 1.91. The Morgan fingerprint density at radius 2 is 2.06 bits per heavy atom. The van der Waals surface area contributed by atoms with E-state index < -0.39 is 0 Å². The van der Waals surface area contributed by atoms with E-state index in [4.69, 9.17) is 10.7 Å². The quantitative estimate of drug-likeness (QED) is 0.751. The van der Waals surface area contributed by atoms with Crippen molar-refractivity contribution in [3.63, 3.8) is 0 Å². The summed E-state index contributed by atoms with van der Waals surface area (Å²) in [5, 5.41) is 27.8. The molecule has 0 aliphatic rings. The van der Waals surface area contributed by atoms with Gasteiger partial charge in [0, 0.05) is 17.3 Å². The first-order valence-corrected chi connectivity index (χ1v) is 5.00. The number of nitrogens with one attached hydrogen (secondary N) is 1. The molecule has 0 aliphatic carbocycles. The Morgan fingerprint density at radius 1 is 1.44 bits per heavy atom. The Labute approximate surface area is 92.9 Å². The van der Waals surface area contributed by atoms with Crippen LogP contribution < -0.4 is 0 Å². The Kier molecular flexibility index (Phi) is 2.37. The van der Waals surface area contributed by atoms with Crippen molar-refractivity contribution in [2.45, 2.75) is 13.5 Å². The number of rotatable bonds is 2. The number of nitrogens with zero attached hydrogens (tertiary/aromatic N) is 2. The van der Waals surface area contributed by atoms with Gasteiger partial charge in [0.2, 0.25) is 0 Å². The molecule has 1 aromatic heterocycles. The summed E-state index contributed by atoms with van der Waals surface area (Å²) in [5.74, 6) is 0.119. The zero-order chi connectivity index (χ0) is 11.7. The van der Waals surface area contributed by atoms with Gasteiger partial charge in [-0.15, -0.1) is 0 Å². The average Bonchev–Trinajstić information content (AvgIpc) is 2.62. The number of benzene rings is 1. The monoisotopic (exact) mass is 213 g/mol. The first-order chi connectivity index (χ1) is 7.70. The summed E-state index contributed by atoms with van der Waals surface area (Å²) in [6.07, 6.45) is 0. The minimum Gasteiger partial charge on any atom is -0.494 e. The Bertz CT molecular complexity index is 604. The van der Waals surface area contributed by atoms with Crippen LogP contribution in [0, 0.1) is 16.7 Å². The van der Waals surface area contributed by atoms with Crippen molar-refractivity contribution in [1.29, 1.82) is 10.7 Å². The third-order valence-electron chi connectivity index (χ3n) is 2.61. The third-order valence-corrected chi connectivity index (χ3v) is 2.61. The molecular weight excluding hydrogens is 202 g/mol. The molecule has 2 N–H and O–H groups in total. The zero-order valence-electron chi connectivity index (χ0n) is 8.86. The number of hydrogen-bond donors (Lipinski definition) is 2. The molecule has 0 saturated heterocycles. The number of hydrogen-bond acceptors (Lipinski definition) is 3. The van der Waals surface area contributed by atoms with Crippen molar-refractivity contribution < 1.29 is 5.11 Å². The van der Waals surface area contributed by atoms with Crippen LogP contribution in [-0.4, -0.2) is 15.4 Å². The van der Waals surface area contributed by atoms with E-state index in [0.29, 0.717) is 17.6 Å². The van der Waals surface area contributed by atoms with E-state index in [1.165, 1.54) is 0 Å². The molecule has 16 heavy (non-hydrogen) atoms. The minimum absolute atomic E-state index is 0.119. The minimum atomic E-state index is -0.127. The van der Waals surface area contributed by atoms with Gasteiger partial charge < -0.3 is 9.67 Å². The Hall–Kier alpha value is -2.28. The van der Waals surface area contributed by atoms with Crippen LogP contribution in [0.3, 0.4) is 0 Å². The molecular formula is C12H11N3O. The van der Waals surface area contributed by atoms with E-state index in [-0.39, 0.29) is 11.6 Å². The summed E-state index contributed by atoms with van der Waals surface area (Å²) in [4.78, 5) is 0. The van der Waals surface area contributed by atoms with Crippen molar-refractivity contribution in [3.05, 3.63) is 30.0 Å². The maximum absolute atomic E-state index is 9.97. The second kappa shape index (κ2) is 3.70. The fourth-order valence-electron chi connectivity index (χ4n) is 1.91. The molecule has 0 fully saturated rings. The Morgan fingerprint density at radius 3 is 2.62 bits per heavy atom. The molecule has 2 aromatic rings. The molecule has 2 rings (SSSR count). The number of aromatic nitrogens is 1. The van der Waals surface area contributed by atoms with E-state index in [1.807, 2.05) is 31.2 Å². The fraction of sp³-hybridized carbons (Fsp3) is 0.167. The zero-order valence-corrected chi connectivity index (χ0v) is 8.86. The lowest BCUT2D eigenvalue weighted by Crippen LogP contribution is -2.06. The molecule has 0 bridgehead atoms. The number of fused-ring (bicyclic) bond motifs is 1. The van der Waals surface area contributed by atoms with E-state index in [9.17, 15) is 5.11 Å². The molecule has 0 saturated carbocycles. The molecule has 0 amide bonds. The van der Waals surface area contributed by atoms with Crippen LogP contribution in [0.4, 0.5) is 0 Å². The summed E-state index contributed by atoms with van der Waals surface area (Å²) >= 11 is 0. The van der Waals surface area contributed by atoms with Crippen molar-refractivity contribution in [2.75, 3.05) is 0 Å². The van der Waals surface area contributed by atoms with Gasteiger partial charge in [0.25, 0.3) is 0 Å². The normalized spacial score (nSPS) is 10.2. The number of aromatic hydroxyl groups is 1. The first-order valence-electron chi connectivity index (χ1n) is 5.00. The van der Waals surface area contributed by atoms with Crippen molar-refractivity contribution in [3.8, 4) is 11.9 Å². The highest BCUT2D eigenvalue weighted by Gasteiger charge is 2.17. The van der Waals surface area contributed by atoms with Crippen molar-refractivity contribution in [2.24, 2.45) is 0 Å². The lowest BCUT2D eigenvalue weighted by molar-refractivity contribution is 0.426. The summed E-state index contributed by atoms with van der Waals surface area (Å²) in [5.41, 5.74) is 0.358. The van der Waals surface area contributed by atoms with Gasteiger partial charge in [-0.05, 0) is 13.0 Å². The van der Waals surface area contributed by atoms with Crippen LogP contribution in [0.5, 0.6) is 5.88 Å². The van der Waals surface area contributed by atoms with Gasteiger partial charge in [0.1, 0.15) is 6.07 Å². The molecule has 80 valence electrons. The highest BCUT2D eigenvalue weighted by Crippen LogP contribution is 2.31. The third kappa shape index (κ3) is 1.26. The second-order valence-electron chi connectivity index (χ2n) is 3.45. The standard InChI is InChI=1S/C12H11N3O/c1-2-15-11(10(14)7-13)8-5-3-4-6-9(8)12(15)16/h3-6,14,16H,2H2,1H3. The first kappa shape index (κ1) is 10.2. The molecule has 4 heteroatoms. The summed E-state index contributed by atoms with van der Waals surface area (Å²) in [7, 11) is 0. The van der Waals surface area contributed by atoms with Gasteiger partial charge in [-0.25, -0.2) is 0 Å². The van der Waals surface area contributed by atoms with Gasteiger partial charge >= 0.3 is 0 Å². The molecule has 0 atom stereocenters. The molecule has 0 unspecified atom stereocenters. The number of nitriles is 1. The van der Waals surface area contributed by atoms with E-state index in [1.54, 1.807) is 10.6 Å². The summed E-state index contributed by atoms with van der Waals surface area (Å²) in [6.45, 7) is 2.40. The van der Waals surface area contributed by atoms with Gasteiger partial charge in [0.15, 0.2) is 11.6 Å². The van der Waals surface area contributed by atoms with Crippen LogP contribution in [0.1, 0.15) is 12.6 Å². The lowest BCUT2D eigenvalue weighted by Gasteiger charge is -2.04. The van der Waals surface area contributed by atoms with Crippen molar-refractivity contribution in [1.82, 2.24) is 4.57 Å². The van der Waals surface area contributed by atoms with Crippen molar-refractivity contribution >= 4 is 16.5 Å². The van der Waals surface area contributed by atoms with Crippen LogP contribution >= 0.6 is 0 Å². The molecule has 4 nitrogen and oxygen atoms in total. The smallest absolute Gasteiger partial charge is 0.199 e. The van der Waals surface area contributed by atoms with Crippen LogP contribution in [0.15, 0.2) is 24.3 Å². The highest BCUT2D eigenvalue weighted by molar-refractivity contribution is 6.17. The van der Waals surface area contributed by atoms with E-state index in [2.05, 4.69) is 0 Å². The molecule has 0 spiro atoms. The van der Waals surface area contributed by atoms with Crippen LogP contribution in [0.25, 0.3) is 10.8 Å². The predicted octanol–water partition coefficient (Wildman–Crippen LogP) is 2.26. The lowest BCUT2D eigenvalue weighted by atomic mass is 10.1. The topological polar surface area (TPSA) is 72.8 Å². The van der Waals surface area contributed by atoms with E-state index >= 15 is 0 Å². The van der Waals surface area contributed by atoms with Crippen LogP contribution in [0.2, 0.25) is 0 Å². The predicted molar refractivity (Wildman–Crippen MR) is 61.7 cm³/mol. The van der Waals surface area contributed by atoms with Gasteiger partial charge in [0.05, 0.1) is 5.69 Å². The van der Waals surface area contributed by atoms with Gasteiger partial charge in [-0.2, -0.15) is 5.26 Å². The van der Waals surface area contributed by atoms with Crippen LogP contribution in [-0.2, 0) is 6.54 Å². The molecule has 1 heterocycles. The average molecular weight is 213 g/mol. The van der Waals surface area contributed by atoms with Gasteiger partial charge in [-0.1, -0.05) is 18.2 Å². The largest absolute Gasteiger partial charge is 0.494 e. The SMILES string of the molecule is CCn1c(O)c2ccccc2c1C(=N)C#N. The maximum atomic E-state index is 9.97. The highest BCUT2D eigenvalue weighted by atomic mass is 16.3. The van der Waals surface area contributed by atoms with Gasteiger partial charge in [-0.3, -0.25) is 5.41 Å². The summed E-state index contributed by atoms with van der Waals surface area (Å²) < 4.78 is 1.58. The maximum Gasteiger partial charge on any atom is 0.199 e. The summed E-state index contributed by atoms with van der Waals surface area (Å²) in [6, 6.07) is 9.05. The Balaban J connectivity index is 2.90. The van der Waals surface area contributed by atoms with E-state index in [0.717, 1.165) is 5.39 Å². The molecule has 0 radical (unpaired) electrons. The molecule has 1 aromatic carbocycles. The second-order valence-corrected chi connectivity index (χ2v) is 3.45. The molecule has 0 aliphatic heterocycles.